The molecule has 0 spiro atoms. The van der Waals surface area contributed by atoms with Crippen LogP contribution in [0.1, 0.15) is 42.9 Å². The number of imide groups is 1. The summed E-state index contributed by atoms with van der Waals surface area (Å²) in [5.41, 5.74) is 1.56. The normalized spacial score (nSPS) is 16.6. The standard InChI is InChI=1S/C19H19N7O3/c1-10(2)15-8-13(24-18-20-9-21-26(15)18)16(27)23-12-6-4-5-7-14(12)25-17(28)11(3)22-19(25)29/h4-11H,1-3H3,(H,22,29)(H,23,27). The Morgan fingerprint density at radius 3 is 2.69 bits per heavy atom. The number of aromatic nitrogens is 4. The van der Waals surface area contributed by atoms with Gasteiger partial charge in [-0.3, -0.25) is 9.59 Å². The smallest absolute Gasteiger partial charge is 0.326 e. The van der Waals surface area contributed by atoms with Crippen molar-refractivity contribution in [2.24, 2.45) is 0 Å². The molecule has 2 aromatic heterocycles. The van der Waals surface area contributed by atoms with Crippen LogP contribution in [0.2, 0.25) is 0 Å². The van der Waals surface area contributed by atoms with Crippen molar-refractivity contribution in [2.45, 2.75) is 32.7 Å². The number of benzene rings is 1. The molecule has 1 atom stereocenters. The van der Waals surface area contributed by atoms with Gasteiger partial charge in [0.2, 0.25) is 0 Å². The SMILES string of the molecule is CC1NC(=O)N(c2ccccc2NC(=O)c2cc(C(C)C)n3ncnc3n2)C1=O. The molecule has 10 heteroatoms. The fourth-order valence-corrected chi connectivity index (χ4v) is 3.16. The van der Waals surface area contributed by atoms with Crippen molar-refractivity contribution < 1.29 is 14.4 Å². The van der Waals surface area contributed by atoms with Crippen LogP contribution in [-0.4, -0.2) is 43.5 Å². The van der Waals surface area contributed by atoms with E-state index in [1.54, 1.807) is 41.8 Å². The van der Waals surface area contributed by atoms with E-state index in [1.807, 2.05) is 13.8 Å². The molecule has 1 aliphatic heterocycles. The second-order valence-corrected chi connectivity index (χ2v) is 7.01. The Balaban J connectivity index is 1.69. The summed E-state index contributed by atoms with van der Waals surface area (Å²) in [5, 5.41) is 9.45. The fraction of sp³-hybridized carbons (Fsp3) is 0.263. The summed E-state index contributed by atoms with van der Waals surface area (Å²) in [6, 6.07) is 7.10. The average molecular weight is 393 g/mol. The maximum absolute atomic E-state index is 12.9. The highest BCUT2D eigenvalue weighted by Gasteiger charge is 2.37. The first-order chi connectivity index (χ1) is 13.9. The van der Waals surface area contributed by atoms with Crippen molar-refractivity contribution in [2.75, 3.05) is 10.2 Å². The molecular weight excluding hydrogens is 374 g/mol. The number of para-hydroxylation sites is 2. The first-order valence-electron chi connectivity index (χ1n) is 9.12. The summed E-state index contributed by atoms with van der Waals surface area (Å²) in [7, 11) is 0. The maximum atomic E-state index is 12.9. The molecule has 4 amide bonds. The van der Waals surface area contributed by atoms with Gasteiger partial charge in [-0.2, -0.15) is 10.1 Å². The van der Waals surface area contributed by atoms with E-state index in [0.29, 0.717) is 17.2 Å². The van der Waals surface area contributed by atoms with E-state index in [4.69, 9.17) is 0 Å². The lowest BCUT2D eigenvalue weighted by molar-refractivity contribution is -0.117. The Labute approximate surface area is 165 Å². The molecule has 10 nitrogen and oxygen atoms in total. The zero-order chi connectivity index (χ0) is 20.7. The van der Waals surface area contributed by atoms with Crippen LogP contribution in [-0.2, 0) is 4.79 Å². The van der Waals surface area contributed by atoms with Crippen LogP contribution in [0.3, 0.4) is 0 Å². The number of carbonyl (C=O) groups excluding carboxylic acids is 3. The molecule has 1 unspecified atom stereocenters. The Hall–Kier alpha value is -3.82. The fourth-order valence-electron chi connectivity index (χ4n) is 3.16. The molecule has 1 saturated heterocycles. The second-order valence-electron chi connectivity index (χ2n) is 7.01. The first-order valence-corrected chi connectivity index (χ1v) is 9.12. The van der Waals surface area contributed by atoms with E-state index in [1.165, 1.54) is 6.33 Å². The molecule has 3 heterocycles. The average Bonchev–Trinajstić information content (AvgIpc) is 3.25. The minimum Gasteiger partial charge on any atom is -0.326 e. The third-order valence-electron chi connectivity index (χ3n) is 4.63. The van der Waals surface area contributed by atoms with Crippen molar-refractivity contribution in [1.82, 2.24) is 24.9 Å². The number of hydrogen-bond acceptors (Lipinski definition) is 6. The molecule has 1 aromatic carbocycles. The Morgan fingerprint density at radius 2 is 2.00 bits per heavy atom. The van der Waals surface area contributed by atoms with Gasteiger partial charge < -0.3 is 10.6 Å². The highest BCUT2D eigenvalue weighted by molar-refractivity contribution is 6.23. The van der Waals surface area contributed by atoms with E-state index in [9.17, 15) is 14.4 Å². The van der Waals surface area contributed by atoms with Crippen molar-refractivity contribution in [3.8, 4) is 0 Å². The summed E-state index contributed by atoms with van der Waals surface area (Å²) in [6.45, 7) is 5.56. The van der Waals surface area contributed by atoms with E-state index in [2.05, 4.69) is 25.7 Å². The van der Waals surface area contributed by atoms with Gasteiger partial charge in [-0.25, -0.2) is 19.2 Å². The van der Waals surface area contributed by atoms with Gasteiger partial charge in [-0.15, -0.1) is 0 Å². The monoisotopic (exact) mass is 393 g/mol. The number of hydrogen-bond donors (Lipinski definition) is 2. The van der Waals surface area contributed by atoms with Crippen LogP contribution in [0, 0.1) is 0 Å². The molecule has 1 fully saturated rings. The molecule has 4 rings (SSSR count). The summed E-state index contributed by atoms with van der Waals surface area (Å²) in [5.74, 6) is -0.460. The minimum atomic E-state index is -0.628. The molecule has 0 bridgehead atoms. The minimum absolute atomic E-state index is 0.0911. The Bertz CT molecular complexity index is 1140. The number of rotatable bonds is 4. The summed E-state index contributed by atoms with van der Waals surface area (Å²) >= 11 is 0. The molecule has 1 aliphatic rings. The van der Waals surface area contributed by atoms with Gasteiger partial charge in [0.25, 0.3) is 17.6 Å². The highest BCUT2D eigenvalue weighted by Crippen LogP contribution is 2.29. The van der Waals surface area contributed by atoms with Gasteiger partial charge in [-0.1, -0.05) is 26.0 Å². The van der Waals surface area contributed by atoms with Crippen LogP contribution < -0.4 is 15.5 Å². The van der Waals surface area contributed by atoms with Gasteiger partial charge in [-0.05, 0) is 31.0 Å². The zero-order valence-electron chi connectivity index (χ0n) is 16.1. The molecular formula is C19H19N7O3. The van der Waals surface area contributed by atoms with Crippen molar-refractivity contribution in [3.05, 3.63) is 48.0 Å². The molecule has 2 N–H and O–H groups in total. The predicted octanol–water partition coefficient (Wildman–Crippen LogP) is 1.94. The van der Waals surface area contributed by atoms with Crippen LogP contribution in [0.25, 0.3) is 5.78 Å². The maximum Gasteiger partial charge on any atom is 0.329 e. The Kier molecular flexibility index (Phi) is 4.45. The quantitative estimate of drug-likeness (QED) is 0.654. The lowest BCUT2D eigenvalue weighted by Gasteiger charge is -2.17. The van der Waals surface area contributed by atoms with Gasteiger partial charge in [0, 0.05) is 0 Å². The van der Waals surface area contributed by atoms with E-state index in [-0.39, 0.29) is 17.5 Å². The number of carbonyl (C=O) groups is 3. The topological polar surface area (TPSA) is 122 Å². The van der Waals surface area contributed by atoms with Crippen LogP contribution in [0.15, 0.2) is 36.7 Å². The number of anilines is 2. The molecule has 0 aliphatic carbocycles. The highest BCUT2D eigenvalue weighted by atomic mass is 16.2. The van der Waals surface area contributed by atoms with E-state index >= 15 is 0 Å². The molecule has 0 saturated carbocycles. The largest absolute Gasteiger partial charge is 0.329 e. The number of amides is 4. The second kappa shape index (κ2) is 6.97. The number of fused-ring (bicyclic) bond motifs is 1. The zero-order valence-corrected chi connectivity index (χ0v) is 16.1. The number of nitrogens with zero attached hydrogens (tertiary/aromatic N) is 5. The molecule has 3 aromatic rings. The van der Waals surface area contributed by atoms with Crippen molar-refractivity contribution >= 4 is 35.0 Å². The third-order valence-corrected chi connectivity index (χ3v) is 4.63. The van der Waals surface area contributed by atoms with Crippen molar-refractivity contribution in [3.63, 3.8) is 0 Å². The van der Waals surface area contributed by atoms with E-state index in [0.717, 1.165) is 10.6 Å². The third kappa shape index (κ3) is 3.18. The Morgan fingerprint density at radius 1 is 1.24 bits per heavy atom. The molecule has 0 radical (unpaired) electrons. The van der Waals surface area contributed by atoms with Crippen LogP contribution >= 0.6 is 0 Å². The van der Waals surface area contributed by atoms with Crippen LogP contribution in [0.5, 0.6) is 0 Å². The predicted molar refractivity (Wildman–Crippen MR) is 105 cm³/mol. The molecule has 29 heavy (non-hydrogen) atoms. The first kappa shape index (κ1) is 18.5. The van der Waals surface area contributed by atoms with Gasteiger partial charge in [0.15, 0.2) is 0 Å². The van der Waals surface area contributed by atoms with Gasteiger partial charge in [0.05, 0.1) is 17.1 Å². The lowest BCUT2D eigenvalue weighted by atomic mass is 10.1. The summed E-state index contributed by atoms with van der Waals surface area (Å²) in [6.07, 6.45) is 1.38. The van der Waals surface area contributed by atoms with Gasteiger partial charge in [0.1, 0.15) is 18.1 Å². The van der Waals surface area contributed by atoms with Crippen LogP contribution in [0.4, 0.5) is 16.2 Å². The molecule has 148 valence electrons. The number of nitrogens with one attached hydrogen (secondary N) is 2. The van der Waals surface area contributed by atoms with E-state index < -0.39 is 18.0 Å². The van der Waals surface area contributed by atoms with Gasteiger partial charge >= 0.3 is 6.03 Å². The lowest BCUT2D eigenvalue weighted by Crippen LogP contribution is -2.32. The summed E-state index contributed by atoms with van der Waals surface area (Å²) < 4.78 is 1.59. The van der Waals surface area contributed by atoms with Crippen molar-refractivity contribution in [1.29, 1.82) is 0 Å². The number of urea groups is 1. The summed E-state index contributed by atoms with van der Waals surface area (Å²) in [4.78, 5) is 46.8.